The Morgan fingerprint density at radius 2 is 1.71 bits per heavy atom. The number of benzene rings is 1. The molecule has 1 aliphatic heterocycles. The summed E-state index contributed by atoms with van der Waals surface area (Å²) in [5.74, 6) is -0.448. The van der Waals surface area contributed by atoms with Gasteiger partial charge in [0, 0.05) is 25.6 Å². The monoisotopic (exact) mass is 307 g/mol. The predicted octanol–water partition coefficient (Wildman–Crippen LogP) is 2.51. The van der Waals surface area contributed by atoms with E-state index in [1.165, 1.54) is 24.3 Å². The molecule has 1 heterocycles. The summed E-state index contributed by atoms with van der Waals surface area (Å²) in [6.07, 6.45) is -7.55. The van der Waals surface area contributed by atoms with E-state index in [9.17, 15) is 22.7 Å². The van der Waals surface area contributed by atoms with Crippen LogP contribution in [-0.4, -0.2) is 48.6 Å². The molecular formula is C14H17F4NO2. The van der Waals surface area contributed by atoms with Crippen molar-refractivity contribution in [3.05, 3.63) is 35.6 Å². The normalized spacial score (nSPS) is 20.2. The SMILES string of the molecule is OC(CC(c1ccc(F)cc1)N1CCOCC1)C(F)(F)F. The van der Waals surface area contributed by atoms with Gasteiger partial charge in [-0.05, 0) is 17.7 Å². The number of aliphatic hydroxyl groups is 1. The maximum atomic E-state index is 13.0. The minimum absolute atomic E-state index is 0.430. The molecule has 1 aromatic rings. The predicted molar refractivity (Wildman–Crippen MR) is 68.2 cm³/mol. The van der Waals surface area contributed by atoms with E-state index < -0.39 is 30.6 Å². The largest absolute Gasteiger partial charge is 0.414 e. The Labute approximate surface area is 120 Å². The Bertz CT molecular complexity index is 443. The number of alkyl halides is 3. The molecule has 0 spiro atoms. The summed E-state index contributed by atoms with van der Waals surface area (Å²) in [6.45, 7) is 1.82. The lowest BCUT2D eigenvalue weighted by Gasteiger charge is -2.36. The molecule has 2 unspecified atom stereocenters. The van der Waals surface area contributed by atoms with Gasteiger partial charge in [-0.2, -0.15) is 13.2 Å². The van der Waals surface area contributed by atoms with E-state index in [2.05, 4.69) is 0 Å². The molecule has 118 valence electrons. The van der Waals surface area contributed by atoms with Crippen LogP contribution in [0, 0.1) is 5.82 Å². The zero-order valence-electron chi connectivity index (χ0n) is 11.3. The van der Waals surface area contributed by atoms with Gasteiger partial charge >= 0.3 is 6.18 Å². The van der Waals surface area contributed by atoms with Crippen LogP contribution in [-0.2, 0) is 4.74 Å². The van der Waals surface area contributed by atoms with Gasteiger partial charge in [0.05, 0.1) is 13.2 Å². The van der Waals surface area contributed by atoms with E-state index in [1.54, 1.807) is 0 Å². The first-order chi connectivity index (χ1) is 9.88. The Balaban J connectivity index is 2.19. The molecular weight excluding hydrogens is 290 g/mol. The van der Waals surface area contributed by atoms with Crippen molar-refractivity contribution in [3.63, 3.8) is 0 Å². The van der Waals surface area contributed by atoms with E-state index in [1.807, 2.05) is 4.90 Å². The average Bonchev–Trinajstić information content (AvgIpc) is 2.45. The van der Waals surface area contributed by atoms with Crippen molar-refractivity contribution in [2.75, 3.05) is 26.3 Å². The molecule has 2 rings (SSSR count). The van der Waals surface area contributed by atoms with Gasteiger partial charge in [0.25, 0.3) is 0 Å². The Kier molecular flexibility index (Phi) is 5.18. The second-order valence-electron chi connectivity index (χ2n) is 5.01. The highest BCUT2D eigenvalue weighted by atomic mass is 19.4. The summed E-state index contributed by atoms with van der Waals surface area (Å²) in [7, 11) is 0. The Morgan fingerprint density at radius 1 is 1.14 bits per heavy atom. The molecule has 0 aromatic heterocycles. The number of hydrogen-bond acceptors (Lipinski definition) is 3. The van der Waals surface area contributed by atoms with E-state index in [-0.39, 0.29) is 0 Å². The van der Waals surface area contributed by atoms with E-state index in [0.29, 0.717) is 31.9 Å². The van der Waals surface area contributed by atoms with E-state index in [4.69, 9.17) is 4.74 Å². The van der Waals surface area contributed by atoms with Crippen LogP contribution in [0.3, 0.4) is 0 Å². The summed E-state index contributed by atoms with van der Waals surface area (Å²) in [5.41, 5.74) is 0.557. The minimum atomic E-state index is -4.66. The van der Waals surface area contributed by atoms with Crippen LogP contribution < -0.4 is 0 Å². The fourth-order valence-corrected chi connectivity index (χ4v) is 2.42. The molecule has 0 bridgehead atoms. The quantitative estimate of drug-likeness (QED) is 0.868. The van der Waals surface area contributed by atoms with Gasteiger partial charge in [0.15, 0.2) is 6.10 Å². The molecule has 1 fully saturated rings. The van der Waals surface area contributed by atoms with Crippen molar-refractivity contribution in [3.8, 4) is 0 Å². The lowest BCUT2D eigenvalue weighted by atomic mass is 9.98. The van der Waals surface area contributed by atoms with Crippen LogP contribution >= 0.6 is 0 Å². The first-order valence-corrected chi connectivity index (χ1v) is 6.70. The molecule has 2 atom stereocenters. The minimum Gasteiger partial charge on any atom is -0.384 e. The maximum Gasteiger partial charge on any atom is 0.414 e. The summed E-state index contributed by atoms with van der Waals surface area (Å²) in [4.78, 5) is 1.83. The average molecular weight is 307 g/mol. The number of rotatable bonds is 4. The fourth-order valence-electron chi connectivity index (χ4n) is 2.42. The lowest BCUT2D eigenvalue weighted by molar-refractivity contribution is -0.209. The molecule has 1 aliphatic rings. The summed E-state index contributed by atoms with van der Waals surface area (Å²) in [5, 5.41) is 9.35. The third-order valence-corrected chi connectivity index (χ3v) is 3.57. The van der Waals surface area contributed by atoms with Crippen molar-refractivity contribution >= 4 is 0 Å². The highest BCUT2D eigenvalue weighted by molar-refractivity contribution is 5.20. The summed E-state index contributed by atoms with van der Waals surface area (Å²) in [6, 6.07) is 4.72. The third kappa shape index (κ3) is 4.39. The molecule has 1 aromatic carbocycles. The van der Waals surface area contributed by atoms with Crippen LogP contribution in [0.1, 0.15) is 18.0 Å². The number of ether oxygens (including phenoxy) is 1. The number of nitrogens with zero attached hydrogens (tertiary/aromatic N) is 1. The second kappa shape index (κ2) is 6.72. The highest BCUT2D eigenvalue weighted by Crippen LogP contribution is 2.32. The van der Waals surface area contributed by atoms with Crippen LogP contribution in [0.15, 0.2) is 24.3 Å². The second-order valence-corrected chi connectivity index (χ2v) is 5.01. The summed E-state index contributed by atoms with van der Waals surface area (Å²) >= 11 is 0. The van der Waals surface area contributed by atoms with E-state index >= 15 is 0 Å². The standard InChI is InChI=1S/C14H17F4NO2/c15-11-3-1-10(2-4-11)12(9-13(20)14(16,17)18)19-5-7-21-8-6-19/h1-4,12-13,20H,5-9H2. The van der Waals surface area contributed by atoms with Gasteiger partial charge in [-0.1, -0.05) is 12.1 Å². The first-order valence-electron chi connectivity index (χ1n) is 6.70. The van der Waals surface area contributed by atoms with Gasteiger partial charge in [-0.15, -0.1) is 0 Å². The van der Waals surface area contributed by atoms with Gasteiger partial charge in [0.2, 0.25) is 0 Å². The zero-order valence-corrected chi connectivity index (χ0v) is 11.3. The number of halogens is 4. The fraction of sp³-hybridized carbons (Fsp3) is 0.571. The zero-order chi connectivity index (χ0) is 15.5. The molecule has 1 saturated heterocycles. The van der Waals surface area contributed by atoms with Crippen LogP contribution in [0.25, 0.3) is 0 Å². The molecule has 0 radical (unpaired) electrons. The Hall–Kier alpha value is -1.18. The van der Waals surface area contributed by atoms with Crippen LogP contribution in [0.2, 0.25) is 0 Å². The van der Waals surface area contributed by atoms with Gasteiger partial charge in [0.1, 0.15) is 5.82 Å². The van der Waals surface area contributed by atoms with Crippen molar-refractivity contribution in [1.82, 2.24) is 4.90 Å². The van der Waals surface area contributed by atoms with Crippen molar-refractivity contribution in [1.29, 1.82) is 0 Å². The van der Waals surface area contributed by atoms with Crippen LogP contribution in [0.4, 0.5) is 17.6 Å². The summed E-state index contributed by atoms with van der Waals surface area (Å²) < 4.78 is 56.0. The molecule has 0 amide bonds. The molecule has 1 N–H and O–H groups in total. The van der Waals surface area contributed by atoms with E-state index in [0.717, 1.165) is 0 Å². The molecule has 3 nitrogen and oxygen atoms in total. The van der Waals surface area contributed by atoms with Crippen molar-refractivity contribution in [2.24, 2.45) is 0 Å². The smallest absolute Gasteiger partial charge is 0.384 e. The molecule has 7 heteroatoms. The number of aliphatic hydroxyl groups excluding tert-OH is 1. The van der Waals surface area contributed by atoms with Crippen molar-refractivity contribution < 1.29 is 27.4 Å². The topological polar surface area (TPSA) is 32.7 Å². The van der Waals surface area contributed by atoms with Crippen LogP contribution in [0.5, 0.6) is 0 Å². The molecule has 0 saturated carbocycles. The Morgan fingerprint density at radius 3 is 2.24 bits per heavy atom. The molecule has 0 aliphatic carbocycles. The van der Waals surface area contributed by atoms with Gasteiger partial charge in [-0.25, -0.2) is 4.39 Å². The number of hydrogen-bond donors (Lipinski definition) is 1. The van der Waals surface area contributed by atoms with Gasteiger partial charge < -0.3 is 9.84 Å². The third-order valence-electron chi connectivity index (χ3n) is 3.57. The van der Waals surface area contributed by atoms with Gasteiger partial charge in [-0.3, -0.25) is 4.90 Å². The first kappa shape index (κ1) is 16.2. The lowest BCUT2D eigenvalue weighted by Crippen LogP contribution is -2.42. The maximum absolute atomic E-state index is 13.0. The van der Waals surface area contributed by atoms with Crippen molar-refractivity contribution in [2.45, 2.75) is 24.7 Å². The highest BCUT2D eigenvalue weighted by Gasteiger charge is 2.40. The number of morpholine rings is 1. The molecule has 21 heavy (non-hydrogen) atoms.